The van der Waals surface area contributed by atoms with Crippen LogP contribution in [0.25, 0.3) is 0 Å². The fraction of sp³-hybridized carbons (Fsp3) is 0.649. The van der Waals surface area contributed by atoms with Crippen LogP contribution in [0.2, 0.25) is 0 Å². The Balaban J connectivity index is 1.19. The van der Waals surface area contributed by atoms with Crippen molar-refractivity contribution in [2.45, 2.75) is 215 Å². The van der Waals surface area contributed by atoms with Gasteiger partial charge in [-0.05, 0) is 139 Å². The van der Waals surface area contributed by atoms with E-state index in [9.17, 15) is 65.5 Å². The summed E-state index contributed by atoms with van der Waals surface area (Å²) in [6, 6.07) is 7.74. The van der Waals surface area contributed by atoms with E-state index in [1.165, 1.54) is 14.2 Å². The number of ether oxygens (including phenoxy) is 3. The number of likely N-dealkylation sites (tertiary alicyclic amines) is 2. The predicted molar refractivity (Wildman–Crippen MR) is 390 cm³/mol. The van der Waals surface area contributed by atoms with E-state index in [1.807, 2.05) is 72.4 Å². The topological polar surface area (TPSA) is 310 Å². The van der Waals surface area contributed by atoms with E-state index in [0.717, 1.165) is 6.92 Å². The third-order valence-corrected chi connectivity index (χ3v) is 20.7. The van der Waals surface area contributed by atoms with Crippen LogP contribution in [0.1, 0.15) is 163 Å². The first kappa shape index (κ1) is 87.7. The molecule has 2 aliphatic heterocycles. The number of halogens is 4. The minimum Gasteiger partial charge on any atom is -0.420 e. The molecule has 105 heavy (non-hydrogen) atoms. The summed E-state index contributed by atoms with van der Waals surface area (Å²) >= 11 is 0. The van der Waals surface area contributed by atoms with Crippen molar-refractivity contribution in [3.63, 3.8) is 0 Å². The predicted octanol–water partition coefficient (Wildman–Crippen LogP) is 8.62. The second-order valence-electron chi connectivity index (χ2n) is 29.7. The molecule has 3 aromatic rings. The Hall–Kier alpha value is -7.95. The summed E-state index contributed by atoms with van der Waals surface area (Å²) in [6.45, 7) is 21.1. The van der Waals surface area contributed by atoms with E-state index in [1.54, 1.807) is 86.3 Å². The fourth-order valence-corrected chi connectivity index (χ4v) is 14.5. The number of benzene rings is 2. The number of piperidine rings is 1. The van der Waals surface area contributed by atoms with E-state index in [2.05, 4.69) is 31.6 Å². The number of hydrogen-bond acceptors (Lipinski definition) is 16. The molecule has 28 heteroatoms. The van der Waals surface area contributed by atoms with Crippen LogP contribution in [-0.2, 0) is 65.6 Å². The third kappa shape index (κ3) is 24.8. The van der Waals surface area contributed by atoms with Crippen molar-refractivity contribution in [3.05, 3.63) is 88.8 Å². The zero-order valence-electron chi connectivity index (χ0n) is 64.2. The van der Waals surface area contributed by atoms with Crippen molar-refractivity contribution < 1.29 is 79.7 Å². The molecule has 0 radical (unpaired) electrons. The monoisotopic (exact) mass is 1480 g/mol. The van der Waals surface area contributed by atoms with Gasteiger partial charge in [0.2, 0.25) is 47.0 Å². The lowest BCUT2D eigenvalue weighted by Gasteiger charge is -2.41. The third-order valence-electron chi connectivity index (χ3n) is 20.7. The number of carbonyl (C=O) groups is 10. The molecular formula is C77H115F4N11O13. The summed E-state index contributed by atoms with van der Waals surface area (Å²) in [5.41, 5.74) is 6.11. The van der Waals surface area contributed by atoms with Crippen molar-refractivity contribution in [2.75, 3.05) is 66.9 Å². The number of rotatable bonds is 41. The maximum atomic E-state index is 14.7. The van der Waals surface area contributed by atoms with Gasteiger partial charge >= 0.3 is 12.0 Å². The number of nitrogens with zero attached hydrogens (tertiary/aromatic N) is 5. The highest BCUT2D eigenvalue weighted by Gasteiger charge is 2.44. The summed E-state index contributed by atoms with van der Waals surface area (Å²) in [5, 5.41) is 14.3. The first-order valence-electron chi connectivity index (χ1n) is 36.9. The maximum absolute atomic E-state index is 14.7. The Labute approximate surface area is 616 Å². The quantitative estimate of drug-likeness (QED) is 0.00773. The molecule has 2 aromatic carbocycles. The van der Waals surface area contributed by atoms with Gasteiger partial charge in [-0.25, -0.2) is 18.0 Å². The van der Waals surface area contributed by atoms with Gasteiger partial charge in [0.05, 0.1) is 54.6 Å². The second kappa shape index (κ2) is 41.8. The molecule has 2 aliphatic rings. The lowest BCUT2D eigenvalue weighted by molar-refractivity contribution is -0.148. The van der Waals surface area contributed by atoms with Crippen LogP contribution in [0.5, 0.6) is 5.75 Å². The van der Waals surface area contributed by atoms with Crippen LogP contribution in [0.15, 0.2) is 48.7 Å². The molecule has 2 saturated heterocycles. The minimum absolute atomic E-state index is 0.0142. The molecule has 7 N–H and O–H groups in total. The lowest BCUT2D eigenvalue weighted by atomic mass is 9.85. The number of hydrogen-bond donors (Lipinski definition) is 6. The Kier molecular flexibility index (Phi) is 34.9. The molecule has 13 atom stereocenters. The standard InChI is InChI=1S/C77H115F4N11O13/c1-17-46(8)69(90(14)75(100)67(44(4)5)88-74(99)68(45(6)7)89(12)13)59(103-15)41-61(96)92-35-21-25-56(92)70(104-16)48(10)57(93)40-53(38-55-24-18-19-32-83-55)72(97)85-42-50-27-29-54(30-28-50)86-73(98)51(23-20-33-84-77(82)102)39-58(94)66(43(2)3)87-60(95)26-22-34-91-36-31-52(37-47(91)9)76(101)105-71-63(79)49(11)62(78)64(80)65(71)81/h18-19,24,27-30,32,43-48,51-53,56,59,66-70H,17,20-23,25-26,31,33-42H2,1-16H3,(H,85,97)(H,86,98)(H,87,95)(H,88,99)(H3,82,84,102)/t46-,47?,48-,51+,52?,53+,56-,59+,66-,67-,68-,69-,70+/m0/s1. The number of nitrogens with one attached hydrogen (secondary N) is 5. The van der Waals surface area contributed by atoms with E-state index in [-0.39, 0.29) is 124 Å². The summed E-state index contributed by atoms with van der Waals surface area (Å²) < 4.78 is 74.1. The summed E-state index contributed by atoms with van der Waals surface area (Å²) in [5.74, 6) is -16.2. The van der Waals surface area contributed by atoms with Crippen LogP contribution in [0.4, 0.5) is 28.0 Å². The number of urea groups is 1. The zero-order chi connectivity index (χ0) is 78.3. The van der Waals surface area contributed by atoms with E-state index < -0.39 is 136 Å². The first-order chi connectivity index (χ1) is 49.6. The smallest absolute Gasteiger partial charge is 0.314 e. The maximum Gasteiger partial charge on any atom is 0.314 e. The van der Waals surface area contributed by atoms with E-state index in [4.69, 9.17) is 19.9 Å². The SMILES string of the molecule is CC[C@H](C)[C@@H]([C@@H](CC(=O)N1CCC[C@H]1[C@H](OC)[C@@H](C)C(=O)C[C@@H](Cc1ccccn1)C(=O)NCc1ccc(NC(=O)[C@H](CCCNC(N)=O)CC(=O)[C@@H](NC(=O)CCCN2CCC(C(=O)Oc3c(F)c(C)c(F)c(F)c3F)CC2C)C(C)C)cc1)OC)N(C)C(=O)[C@@H](NC(=O)[C@H](C(C)C)N(C)C)C(C)C. The van der Waals surface area contributed by atoms with Crippen molar-refractivity contribution >= 4 is 64.7 Å². The van der Waals surface area contributed by atoms with Gasteiger partial charge in [0.1, 0.15) is 11.8 Å². The number of primary amides is 1. The first-order valence-corrected chi connectivity index (χ1v) is 36.9. The van der Waals surface area contributed by atoms with Crippen LogP contribution >= 0.6 is 0 Å². The van der Waals surface area contributed by atoms with Crippen molar-refractivity contribution in [1.82, 2.24) is 45.9 Å². The minimum atomic E-state index is -1.95. The molecule has 0 saturated carbocycles. The van der Waals surface area contributed by atoms with Crippen LogP contribution in [0.3, 0.4) is 0 Å². The van der Waals surface area contributed by atoms with Gasteiger partial charge in [0, 0.05) is 108 Å². The van der Waals surface area contributed by atoms with Crippen molar-refractivity contribution in [1.29, 1.82) is 0 Å². The molecule has 2 fully saturated rings. The number of aromatic nitrogens is 1. The normalized spacial score (nSPS) is 18.4. The van der Waals surface area contributed by atoms with Crippen molar-refractivity contribution in [3.8, 4) is 5.75 Å². The van der Waals surface area contributed by atoms with Crippen LogP contribution < -0.4 is 37.1 Å². The number of anilines is 1. The van der Waals surface area contributed by atoms with Gasteiger partial charge in [0.15, 0.2) is 23.2 Å². The molecule has 584 valence electrons. The molecule has 8 amide bonds. The molecule has 0 aliphatic carbocycles. The van der Waals surface area contributed by atoms with Crippen molar-refractivity contribution in [2.24, 2.45) is 53.1 Å². The number of Topliss-reactive ketones (excluding diaryl/α,β-unsaturated/α-hetero) is 2. The molecular weight excluding hydrogens is 1360 g/mol. The van der Waals surface area contributed by atoms with Gasteiger partial charge in [0.25, 0.3) is 0 Å². The van der Waals surface area contributed by atoms with Gasteiger partial charge < -0.3 is 61.2 Å². The number of amides is 8. The number of ketones is 2. The lowest BCUT2D eigenvalue weighted by Crippen LogP contribution is -2.59. The van der Waals surface area contributed by atoms with Gasteiger partial charge in [-0.1, -0.05) is 86.9 Å². The average molecular weight is 1480 g/mol. The van der Waals surface area contributed by atoms with Gasteiger partial charge in [-0.2, -0.15) is 4.39 Å². The van der Waals surface area contributed by atoms with E-state index in [0.29, 0.717) is 62.3 Å². The Morgan fingerprint density at radius 1 is 0.724 bits per heavy atom. The number of esters is 1. The molecule has 1 aromatic heterocycles. The largest absolute Gasteiger partial charge is 0.420 e. The van der Waals surface area contributed by atoms with Crippen LogP contribution in [0, 0.1) is 77.5 Å². The van der Waals surface area contributed by atoms with E-state index >= 15 is 0 Å². The molecule has 0 spiro atoms. The fourth-order valence-electron chi connectivity index (χ4n) is 14.5. The summed E-state index contributed by atoms with van der Waals surface area (Å²) in [7, 11) is 8.39. The highest BCUT2D eigenvalue weighted by Crippen LogP contribution is 2.34. The molecule has 24 nitrogen and oxygen atoms in total. The zero-order valence-corrected chi connectivity index (χ0v) is 64.2. The Bertz CT molecular complexity index is 3390. The number of methoxy groups -OCH3 is 2. The summed E-state index contributed by atoms with van der Waals surface area (Å²) in [4.78, 5) is 150. The highest BCUT2D eigenvalue weighted by atomic mass is 19.2. The highest BCUT2D eigenvalue weighted by molar-refractivity contribution is 5.97. The van der Waals surface area contributed by atoms with Crippen LogP contribution in [-0.4, -0.2) is 194 Å². The summed E-state index contributed by atoms with van der Waals surface area (Å²) in [6.07, 6.45) is 2.93. The molecule has 5 rings (SSSR count). The van der Waals surface area contributed by atoms with Gasteiger partial charge in [-0.3, -0.25) is 53.0 Å². The number of nitrogens with two attached hydrogens (primary N) is 1. The Morgan fingerprint density at radius 2 is 1.39 bits per heavy atom. The molecule has 3 heterocycles. The van der Waals surface area contributed by atoms with Gasteiger partial charge in [-0.15, -0.1) is 0 Å². The second-order valence-corrected chi connectivity index (χ2v) is 29.7. The Morgan fingerprint density at radius 3 is 1.97 bits per heavy atom. The average Bonchev–Trinajstić information content (AvgIpc) is 1.15. The number of pyridine rings is 1. The number of likely N-dealkylation sites (N-methyl/N-ethyl adjacent to an activating group) is 2. The molecule has 0 bridgehead atoms. The molecule has 2 unspecified atom stereocenters. The number of carbonyl (C=O) groups excluding carboxylic acids is 10.